The molecule has 2 aromatic rings. The Labute approximate surface area is 131 Å². The Hall–Kier alpha value is -2.15. The molecule has 2 aromatic heterocycles. The number of rotatable bonds is 3. The minimum Gasteiger partial charge on any atom is -0.481 e. The van der Waals surface area contributed by atoms with Crippen molar-refractivity contribution in [2.45, 2.75) is 19.8 Å². The highest BCUT2D eigenvalue weighted by Gasteiger charge is 2.29. The molecule has 1 aliphatic rings. The van der Waals surface area contributed by atoms with E-state index in [-0.39, 0.29) is 12.5 Å². The fraction of sp³-hybridized carbons (Fsp3) is 0.400. The highest BCUT2D eigenvalue weighted by molar-refractivity contribution is 7.13. The fourth-order valence-electron chi connectivity index (χ4n) is 2.56. The molecule has 3 rings (SSSR count). The summed E-state index contributed by atoms with van der Waals surface area (Å²) in [4.78, 5) is 29.5. The molecule has 6 nitrogen and oxygen atoms in total. The molecule has 7 heteroatoms. The van der Waals surface area contributed by atoms with E-state index in [0.29, 0.717) is 35.8 Å². The van der Waals surface area contributed by atoms with Crippen molar-refractivity contribution < 1.29 is 19.1 Å². The van der Waals surface area contributed by atoms with Gasteiger partial charge in [0.1, 0.15) is 11.5 Å². The van der Waals surface area contributed by atoms with Crippen LogP contribution in [0.15, 0.2) is 21.9 Å². The first kappa shape index (κ1) is 14.8. The van der Waals surface area contributed by atoms with Crippen LogP contribution in [0.3, 0.4) is 0 Å². The van der Waals surface area contributed by atoms with Crippen LogP contribution in [0.25, 0.3) is 10.8 Å². The summed E-state index contributed by atoms with van der Waals surface area (Å²) in [5.74, 6) is -0.107. The Balaban J connectivity index is 1.75. The molecule has 1 N–H and O–H groups in total. The second-order valence-corrected chi connectivity index (χ2v) is 6.23. The van der Waals surface area contributed by atoms with Crippen LogP contribution in [0.5, 0.6) is 0 Å². The predicted molar refractivity (Wildman–Crippen MR) is 80.8 cm³/mol. The number of aromatic nitrogens is 1. The number of carbonyl (C=O) groups excluding carboxylic acids is 1. The van der Waals surface area contributed by atoms with Crippen molar-refractivity contribution in [3.63, 3.8) is 0 Å². The monoisotopic (exact) mass is 320 g/mol. The van der Waals surface area contributed by atoms with E-state index in [0.717, 1.165) is 5.76 Å². The van der Waals surface area contributed by atoms with Gasteiger partial charge in [-0.1, -0.05) is 0 Å². The normalized spacial score (nSPS) is 18.4. The smallest absolute Gasteiger partial charge is 0.308 e. The van der Waals surface area contributed by atoms with Crippen LogP contribution < -0.4 is 0 Å². The number of aryl methyl sites for hydroxylation is 1. The molecular formula is C15H16N2O4S. The fourth-order valence-corrected chi connectivity index (χ4v) is 3.31. The Morgan fingerprint density at radius 1 is 1.45 bits per heavy atom. The van der Waals surface area contributed by atoms with Gasteiger partial charge in [0.2, 0.25) is 0 Å². The molecule has 0 radical (unpaired) electrons. The molecule has 0 bridgehead atoms. The zero-order valence-electron chi connectivity index (χ0n) is 12.1. The van der Waals surface area contributed by atoms with Crippen LogP contribution in [0, 0.1) is 12.8 Å². The second kappa shape index (κ2) is 5.92. The number of hydrogen-bond acceptors (Lipinski definition) is 5. The van der Waals surface area contributed by atoms with Crippen molar-refractivity contribution in [2.75, 3.05) is 13.1 Å². The summed E-state index contributed by atoms with van der Waals surface area (Å²) in [6, 6.07) is 3.67. The Kier molecular flexibility index (Phi) is 3.98. The number of carboxylic acids is 1. The van der Waals surface area contributed by atoms with Gasteiger partial charge >= 0.3 is 5.97 Å². The summed E-state index contributed by atoms with van der Waals surface area (Å²) in [6.45, 7) is 2.68. The first-order valence-electron chi connectivity index (χ1n) is 7.09. The molecule has 22 heavy (non-hydrogen) atoms. The van der Waals surface area contributed by atoms with Gasteiger partial charge in [0.25, 0.3) is 5.91 Å². The number of amides is 1. The van der Waals surface area contributed by atoms with Crippen LogP contribution in [-0.2, 0) is 4.79 Å². The number of piperidine rings is 1. The first-order chi connectivity index (χ1) is 10.5. The average Bonchev–Trinajstić information content (AvgIpc) is 3.15. The number of likely N-dealkylation sites (tertiary alicyclic amines) is 1. The molecule has 3 heterocycles. The molecule has 1 atom stereocenters. The van der Waals surface area contributed by atoms with Crippen LogP contribution in [0.4, 0.5) is 0 Å². The third-order valence-electron chi connectivity index (χ3n) is 3.73. The van der Waals surface area contributed by atoms with Crippen LogP contribution in [0.1, 0.15) is 29.1 Å². The molecular weight excluding hydrogens is 304 g/mol. The highest BCUT2D eigenvalue weighted by atomic mass is 32.1. The van der Waals surface area contributed by atoms with E-state index < -0.39 is 11.9 Å². The number of carbonyl (C=O) groups is 2. The summed E-state index contributed by atoms with van der Waals surface area (Å²) < 4.78 is 5.50. The van der Waals surface area contributed by atoms with Crippen LogP contribution >= 0.6 is 11.3 Å². The topological polar surface area (TPSA) is 83.6 Å². The summed E-state index contributed by atoms with van der Waals surface area (Å²) in [5.41, 5.74) is 0.347. The Morgan fingerprint density at radius 3 is 2.95 bits per heavy atom. The van der Waals surface area contributed by atoms with E-state index in [1.807, 2.05) is 19.1 Å². The van der Waals surface area contributed by atoms with Gasteiger partial charge in [-0.15, -0.1) is 11.3 Å². The lowest BCUT2D eigenvalue weighted by Crippen LogP contribution is -2.42. The van der Waals surface area contributed by atoms with Crippen molar-refractivity contribution in [1.29, 1.82) is 0 Å². The van der Waals surface area contributed by atoms with Gasteiger partial charge in [0.15, 0.2) is 10.8 Å². The molecule has 1 fully saturated rings. The van der Waals surface area contributed by atoms with Crippen LogP contribution in [0.2, 0.25) is 0 Å². The zero-order valence-corrected chi connectivity index (χ0v) is 12.9. The zero-order chi connectivity index (χ0) is 15.7. The Bertz CT molecular complexity index is 706. The minimum atomic E-state index is -0.845. The van der Waals surface area contributed by atoms with E-state index in [1.54, 1.807) is 10.3 Å². The lowest BCUT2D eigenvalue weighted by atomic mass is 9.98. The van der Waals surface area contributed by atoms with E-state index >= 15 is 0 Å². The van der Waals surface area contributed by atoms with E-state index in [2.05, 4.69) is 4.98 Å². The largest absolute Gasteiger partial charge is 0.481 e. The van der Waals surface area contributed by atoms with Gasteiger partial charge in [0, 0.05) is 18.5 Å². The third kappa shape index (κ3) is 2.89. The highest BCUT2D eigenvalue weighted by Crippen LogP contribution is 2.27. The SMILES string of the molecule is Cc1ccc(-c2nc(C(=O)N3CCCC(C(=O)O)C3)cs2)o1. The molecule has 0 saturated carbocycles. The molecule has 1 aliphatic heterocycles. The summed E-state index contributed by atoms with van der Waals surface area (Å²) >= 11 is 1.35. The maximum atomic E-state index is 12.5. The summed E-state index contributed by atoms with van der Waals surface area (Å²) in [6.07, 6.45) is 1.32. The number of nitrogens with zero attached hydrogens (tertiary/aromatic N) is 2. The van der Waals surface area contributed by atoms with Gasteiger partial charge in [-0.3, -0.25) is 9.59 Å². The maximum absolute atomic E-state index is 12.5. The predicted octanol–water partition coefficient (Wildman–Crippen LogP) is 2.65. The first-order valence-corrected chi connectivity index (χ1v) is 7.97. The standard InChI is InChI=1S/C15H16N2O4S/c1-9-4-5-12(21-9)13-16-11(8-22-13)14(18)17-6-2-3-10(7-17)15(19)20/h4-5,8,10H,2-3,6-7H2,1H3,(H,19,20). The van der Waals surface area contributed by atoms with Crippen molar-refractivity contribution >= 4 is 23.2 Å². The number of hydrogen-bond donors (Lipinski definition) is 1. The van der Waals surface area contributed by atoms with Gasteiger partial charge in [0.05, 0.1) is 5.92 Å². The van der Waals surface area contributed by atoms with Crippen molar-refractivity contribution in [1.82, 2.24) is 9.88 Å². The van der Waals surface area contributed by atoms with Crippen LogP contribution in [-0.4, -0.2) is 40.0 Å². The summed E-state index contributed by atoms with van der Waals surface area (Å²) in [7, 11) is 0. The van der Waals surface area contributed by atoms with E-state index in [1.165, 1.54) is 11.3 Å². The minimum absolute atomic E-state index is 0.211. The van der Waals surface area contributed by atoms with Gasteiger partial charge in [-0.05, 0) is 31.9 Å². The maximum Gasteiger partial charge on any atom is 0.308 e. The lowest BCUT2D eigenvalue weighted by Gasteiger charge is -2.30. The molecule has 1 amide bonds. The molecule has 1 saturated heterocycles. The number of thiazole rings is 1. The average molecular weight is 320 g/mol. The number of furan rings is 1. The number of carboxylic acid groups (broad SMARTS) is 1. The number of aliphatic carboxylic acids is 1. The molecule has 1 unspecified atom stereocenters. The molecule has 116 valence electrons. The molecule has 0 aliphatic carbocycles. The van der Waals surface area contributed by atoms with E-state index in [4.69, 9.17) is 9.52 Å². The van der Waals surface area contributed by atoms with Gasteiger partial charge in [-0.25, -0.2) is 4.98 Å². The van der Waals surface area contributed by atoms with E-state index in [9.17, 15) is 9.59 Å². The third-order valence-corrected chi connectivity index (χ3v) is 4.59. The van der Waals surface area contributed by atoms with Crippen molar-refractivity contribution in [3.8, 4) is 10.8 Å². The lowest BCUT2D eigenvalue weighted by molar-refractivity contribution is -0.143. The molecule has 0 spiro atoms. The van der Waals surface area contributed by atoms with Gasteiger partial charge in [-0.2, -0.15) is 0 Å². The Morgan fingerprint density at radius 2 is 2.27 bits per heavy atom. The van der Waals surface area contributed by atoms with Crippen molar-refractivity contribution in [2.24, 2.45) is 5.92 Å². The molecule has 0 aromatic carbocycles. The second-order valence-electron chi connectivity index (χ2n) is 5.38. The van der Waals surface area contributed by atoms with Gasteiger partial charge < -0.3 is 14.4 Å². The quantitative estimate of drug-likeness (QED) is 0.940. The van der Waals surface area contributed by atoms with Crippen molar-refractivity contribution in [3.05, 3.63) is 29.0 Å². The summed E-state index contributed by atoms with van der Waals surface area (Å²) in [5, 5.41) is 11.4.